The molecule has 27 heavy (non-hydrogen) atoms. The number of nitrogens with one attached hydrogen (secondary N) is 1. The first-order valence-corrected chi connectivity index (χ1v) is 10.0. The quantitative estimate of drug-likeness (QED) is 0.487. The van der Waals surface area contributed by atoms with Gasteiger partial charge >= 0.3 is 6.09 Å². The lowest BCUT2D eigenvalue weighted by Gasteiger charge is -2.19. The van der Waals surface area contributed by atoms with Crippen LogP contribution in [0.1, 0.15) is 49.1 Å². The molecular formula is C24H27NO2. The molecule has 2 aromatic rings. The van der Waals surface area contributed by atoms with Crippen LogP contribution in [0, 0.1) is 5.92 Å². The maximum Gasteiger partial charge on any atom is 0.407 e. The average Bonchev–Trinajstić information content (AvgIpc) is 3.49. The van der Waals surface area contributed by atoms with Crippen LogP contribution in [0.4, 0.5) is 4.79 Å². The predicted octanol–water partition coefficient (Wildman–Crippen LogP) is 5.66. The summed E-state index contributed by atoms with van der Waals surface area (Å²) in [6.45, 7) is 4.16. The van der Waals surface area contributed by atoms with Crippen LogP contribution in [0.3, 0.4) is 0 Å². The highest BCUT2D eigenvalue weighted by Crippen LogP contribution is 2.44. The molecule has 0 saturated heterocycles. The molecule has 0 bridgehead atoms. The Morgan fingerprint density at radius 3 is 2.33 bits per heavy atom. The number of carbonyl (C=O) groups excluding carboxylic acids is 1. The van der Waals surface area contributed by atoms with Gasteiger partial charge in [-0.2, -0.15) is 0 Å². The summed E-state index contributed by atoms with van der Waals surface area (Å²) in [5.74, 6) is 0.735. The summed E-state index contributed by atoms with van der Waals surface area (Å²) in [6.07, 6.45) is 7.14. The minimum absolute atomic E-state index is 0.114. The van der Waals surface area contributed by atoms with Gasteiger partial charge in [0.05, 0.1) is 0 Å². The number of benzene rings is 2. The lowest BCUT2D eigenvalue weighted by molar-refractivity contribution is 0.137. The van der Waals surface area contributed by atoms with E-state index in [1.165, 1.54) is 35.1 Å². The molecule has 1 atom stereocenters. The third kappa shape index (κ3) is 3.92. The van der Waals surface area contributed by atoms with Gasteiger partial charge in [0.25, 0.3) is 0 Å². The molecule has 0 radical (unpaired) electrons. The molecule has 1 fully saturated rings. The van der Waals surface area contributed by atoms with E-state index < -0.39 is 0 Å². The van der Waals surface area contributed by atoms with Crippen molar-refractivity contribution in [1.29, 1.82) is 0 Å². The minimum atomic E-state index is -0.285. The van der Waals surface area contributed by atoms with E-state index in [1.807, 2.05) is 6.08 Å². The fraction of sp³-hybridized carbons (Fsp3) is 0.375. The number of carbonyl (C=O) groups is 1. The molecule has 1 amide bonds. The maximum atomic E-state index is 12.4. The molecule has 0 aliphatic heterocycles. The van der Waals surface area contributed by atoms with Gasteiger partial charge in [-0.1, -0.05) is 54.6 Å². The van der Waals surface area contributed by atoms with Crippen LogP contribution in [-0.4, -0.2) is 18.7 Å². The van der Waals surface area contributed by atoms with Crippen molar-refractivity contribution < 1.29 is 9.53 Å². The zero-order chi connectivity index (χ0) is 18.6. The van der Waals surface area contributed by atoms with Gasteiger partial charge in [0.2, 0.25) is 0 Å². The van der Waals surface area contributed by atoms with Crippen molar-refractivity contribution in [3.05, 3.63) is 72.3 Å². The highest BCUT2D eigenvalue weighted by Gasteiger charge is 2.33. The van der Waals surface area contributed by atoms with E-state index in [2.05, 4.69) is 60.4 Å². The van der Waals surface area contributed by atoms with Crippen molar-refractivity contribution in [3.63, 3.8) is 0 Å². The molecule has 3 nitrogen and oxygen atoms in total. The van der Waals surface area contributed by atoms with Crippen LogP contribution in [0.25, 0.3) is 11.1 Å². The Morgan fingerprint density at radius 2 is 1.74 bits per heavy atom. The molecular weight excluding hydrogens is 334 g/mol. The standard InChI is InChI=1S/C24H27NO2/c1-2-3-4-13-23(17-14-15-17)25-24(26)27-16-22-20-11-7-5-9-18(20)19-10-6-8-12-21(19)22/h2,5-12,17,22-23H,1,3-4,13-16H2,(H,25,26). The van der Waals surface area contributed by atoms with Crippen LogP contribution >= 0.6 is 0 Å². The van der Waals surface area contributed by atoms with Gasteiger partial charge in [-0.05, 0) is 60.3 Å². The third-order valence-corrected chi connectivity index (χ3v) is 5.76. The van der Waals surface area contributed by atoms with Crippen LogP contribution in [0.5, 0.6) is 0 Å². The molecule has 4 rings (SSSR count). The summed E-state index contributed by atoms with van der Waals surface area (Å²) in [5.41, 5.74) is 5.00. The van der Waals surface area contributed by atoms with Gasteiger partial charge < -0.3 is 10.1 Å². The number of alkyl carbamates (subject to hydrolysis) is 1. The topological polar surface area (TPSA) is 38.3 Å². The van der Waals surface area contributed by atoms with Crippen molar-refractivity contribution in [1.82, 2.24) is 5.32 Å². The van der Waals surface area contributed by atoms with E-state index in [0.717, 1.165) is 19.3 Å². The molecule has 3 heteroatoms. The van der Waals surface area contributed by atoms with Crippen LogP contribution in [-0.2, 0) is 4.74 Å². The summed E-state index contributed by atoms with van der Waals surface area (Å²) in [6, 6.07) is 17.1. The number of amides is 1. The van der Waals surface area contributed by atoms with E-state index in [-0.39, 0.29) is 18.1 Å². The zero-order valence-electron chi connectivity index (χ0n) is 15.7. The molecule has 1 unspecified atom stereocenters. The average molecular weight is 361 g/mol. The van der Waals surface area contributed by atoms with Crippen LogP contribution < -0.4 is 5.32 Å². The molecule has 2 aromatic carbocycles. The monoisotopic (exact) mass is 361 g/mol. The highest BCUT2D eigenvalue weighted by atomic mass is 16.5. The number of fused-ring (bicyclic) bond motifs is 3. The van der Waals surface area contributed by atoms with Crippen molar-refractivity contribution >= 4 is 6.09 Å². The Hall–Kier alpha value is -2.55. The Bertz CT molecular complexity index is 779. The fourth-order valence-electron chi connectivity index (χ4n) is 4.20. The Kier molecular flexibility index (Phi) is 5.28. The van der Waals surface area contributed by atoms with E-state index in [4.69, 9.17) is 4.74 Å². The third-order valence-electron chi connectivity index (χ3n) is 5.76. The van der Waals surface area contributed by atoms with Crippen molar-refractivity contribution in [3.8, 4) is 11.1 Å². The first-order chi connectivity index (χ1) is 13.3. The fourth-order valence-corrected chi connectivity index (χ4v) is 4.20. The van der Waals surface area contributed by atoms with E-state index in [0.29, 0.717) is 12.5 Å². The normalized spacial score (nSPS) is 16.3. The second kappa shape index (κ2) is 7.99. The lowest BCUT2D eigenvalue weighted by atomic mass is 9.98. The van der Waals surface area contributed by atoms with E-state index in [1.54, 1.807) is 0 Å². The first-order valence-electron chi connectivity index (χ1n) is 10.0. The van der Waals surface area contributed by atoms with E-state index in [9.17, 15) is 4.79 Å². The van der Waals surface area contributed by atoms with Gasteiger partial charge in [-0.3, -0.25) is 0 Å². The molecule has 1 N–H and O–H groups in total. The number of allylic oxidation sites excluding steroid dienone is 1. The van der Waals surface area contributed by atoms with Crippen LogP contribution in [0.15, 0.2) is 61.2 Å². The molecule has 0 aromatic heterocycles. The van der Waals surface area contributed by atoms with Crippen molar-refractivity contribution in [2.75, 3.05) is 6.61 Å². The summed E-state index contributed by atoms with van der Waals surface area (Å²) in [7, 11) is 0. The zero-order valence-corrected chi connectivity index (χ0v) is 15.7. The molecule has 1 saturated carbocycles. The first kappa shape index (κ1) is 17.8. The van der Waals surface area contributed by atoms with Crippen LogP contribution in [0.2, 0.25) is 0 Å². The maximum absolute atomic E-state index is 12.4. The predicted molar refractivity (Wildman–Crippen MR) is 109 cm³/mol. The highest BCUT2D eigenvalue weighted by molar-refractivity contribution is 5.79. The SMILES string of the molecule is C=CCCCC(NC(=O)OCC1c2ccccc2-c2ccccc21)C1CC1. The molecule has 0 heterocycles. The van der Waals surface area contributed by atoms with Gasteiger partial charge in [0.15, 0.2) is 0 Å². The van der Waals surface area contributed by atoms with Gasteiger partial charge in [-0.25, -0.2) is 4.79 Å². The smallest absolute Gasteiger partial charge is 0.407 e. The van der Waals surface area contributed by atoms with Gasteiger partial charge in [-0.15, -0.1) is 6.58 Å². The van der Waals surface area contributed by atoms with Gasteiger partial charge in [0.1, 0.15) is 6.61 Å². The lowest BCUT2D eigenvalue weighted by Crippen LogP contribution is -2.37. The number of unbranched alkanes of at least 4 members (excludes halogenated alkanes) is 1. The number of rotatable bonds is 8. The Morgan fingerprint density at radius 1 is 1.11 bits per heavy atom. The number of hydrogen-bond acceptors (Lipinski definition) is 2. The number of hydrogen-bond donors (Lipinski definition) is 1. The van der Waals surface area contributed by atoms with E-state index >= 15 is 0 Å². The molecule has 0 spiro atoms. The molecule has 2 aliphatic rings. The van der Waals surface area contributed by atoms with Crippen molar-refractivity contribution in [2.24, 2.45) is 5.92 Å². The summed E-state index contributed by atoms with van der Waals surface area (Å²) >= 11 is 0. The molecule has 2 aliphatic carbocycles. The summed E-state index contributed by atoms with van der Waals surface area (Å²) in [4.78, 5) is 12.4. The van der Waals surface area contributed by atoms with Gasteiger partial charge in [0, 0.05) is 12.0 Å². The summed E-state index contributed by atoms with van der Waals surface area (Å²) < 4.78 is 5.68. The molecule has 140 valence electrons. The second-order valence-electron chi connectivity index (χ2n) is 7.63. The minimum Gasteiger partial charge on any atom is -0.449 e. The van der Waals surface area contributed by atoms with Crippen molar-refractivity contribution in [2.45, 2.75) is 44.1 Å². The Balaban J connectivity index is 1.39. The Labute approximate surface area is 161 Å². The number of ether oxygens (including phenoxy) is 1. The second-order valence-corrected chi connectivity index (χ2v) is 7.63. The largest absolute Gasteiger partial charge is 0.449 e. The summed E-state index contributed by atoms with van der Waals surface area (Å²) in [5, 5.41) is 3.11.